The van der Waals surface area contributed by atoms with Crippen molar-refractivity contribution < 1.29 is 4.39 Å². The number of benzene rings is 7. The average Bonchev–Trinajstić information content (AvgIpc) is 3.51. The predicted octanol–water partition coefficient (Wildman–Crippen LogP) is 12.4. The molecule has 0 fully saturated rings. The van der Waals surface area contributed by atoms with Crippen LogP contribution in [-0.4, -0.2) is 19.5 Å². The van der Waals surface area contributed by atoms with Crippen molar-refractivity contribution in [3.05, 3.63) is 180 Å². The maximum absolute atomic E-state index is 15.4. The van der Waals surface area contributed by atoms with Crippen molar-refractivity contribution >= 4 is 21.8 Å². The van der Waals surface area contributed by atoms with Gasteiger partial charge in [0.05, 0.1) is 16.7 Å². The first kappa shape index (κ1) is 32.2. The third kappa shape index (κ3) is 5.77. The van der Waals surface area contributed by atoms with Crippen LogP contribution < -0.4 is 0 Å². The molecule has 5 heteroatoms. The van der Waals surface area contributed by atoms with Gasteiger partial charge in [-0.25, -0.2) is 19.3 Å². The number of fused-ring (bicyclic) bond motifs is 3. The summed E-state index contributed by atoms with van der Waals surface area (Å²) in [5, 5.41) is 2.25. The van der Waals surface area contributed by atoms with E-state index in [1.165, 1.54) is 33.9 Å². The SMILES string of the molecule is Cc1cc(C)c(-c2ccc3c(c2)c2ccccc2n3-c2cc(-c3ccccc3F)ccc2-c2nc(-c3ccccc3)nc(-c3ccccc3)n2)c(C)c1. The number of hydrogen-bond acceptors (Lipinski definition) is 3. The van der Waals surface area contributed by atoms with E-state index >= 15 is 4.39 Å². The Kier molecular flexibility index (Phi) is 7.97. The summed E-state index contributed by atoms with van der Waals surface area (Å²) in [6.45, 7) is 6.52. The molecule has 0 atom stereocenters. The van der Waals surface area contributed by atoms with Crippen molar-refractivity contribution in [2.24, 2.45) is 0 Å². The monoisotopic (exact) mass is 686 g/mol. The second kappa shape index (κ2) is 13.1. The lowest BCUT2D eigenvalue weighted by atomic mass is 9.93. The van der Waals surface area contributed by atoms with Gasteiger partial charge in [0.25, 0.3) is 0 Å². The molecule has 0 aliphatic carbocycles. The third-order valence-electron chi connectivity index (χ3n) is 10.0. The van der Waals surface area contributed by atoms with E-state index in [1.54, 1.807) is 6.07 Å². The molecule has 0 aliphatic heterocycles. The van der Waals surface area contributed by atoms with Gasteiger partial charge in [0.15, 0.2) is 17.5 Å². The summed E-state index contributed by atoms with van der Waals surface area (Å²) in [7, 11) is 0. The maximum Gasteiger partial charge on any atom is 0.166 e. The molecule has 0 amide bonds. The molecule has 0 aliphatic rings. The number of rotatable bonds is 6. The van der Waals surface area contributed by atoms with E-state index in [0.29, 0.717) is 23.0 Å². The van der Waals surface area contributed by atoms with Crippen LogP contribution in [0.3, 0.4) is 0 Å². The molecule has 0 unspecified atom stereocenters. The highest BCUT2D eigenvalue weighted by atomic mass is 19.1. The largest absolute Gasteiger partial charge is 0.308 e. The summed E-state index contributed by atoms with van der Waals surface area (Å²) in [6.07, 6.45) is 0. The molecule has 0 N–H and O–H groups in total. The van der Waals surface area contributed by atoms with E-state index in [2.05, 4.69) is 86.0 Å². The van der Waals surface area contributed by atoms with Crippen LogP contribution in [0.25, 0.3) is 83.9 Å². The summed E-state index contributed by atoms with van der Waals surface area (Å²) in [5.74, 6) is 1.41. The quantitative estimate of drug-likeness (QED) is 0.175. The lowest BCUT2D eigenvalue weighted by Gasteiger charge is -2.17. The van der Waals surface area contributed by atoms with Crippen LogP contribution in [0.5, 0.6) is 0 Å². The van der Waals surface area contributed by atoms with E-state index in [1.807, 2.05) is 84.9 Å². The van der Waals surface area contributed by atoms with Crippen LogP contribution in [-0.2, 0) is 0 Å². The van der Waals surface area contributed by atoms with Gasteiger partial charge in [-0.15, -0.1) is 0 Å². The highest BCUT2D eigenvalue weighted by Crippen LogP contribution is 2.40. The molecule has 53 heavy (non-hydrogen) atoms. The van der Waals surface area contributed by atoms with Gasteiger partial charge < -0.3 is 4.57 Å². The molecular formula is C48H35FN4. The van der Waals surface area contributed by atoms with E-state index < -0.39 is 0 Å². The van der Waals surface area contributed by atoms with E-state index in [0.717, 1.165) is 49.7 Å². The van der Waals surface area contributed by atoms with Gasteiger partial charge in [-0.05, 0) is 85.0 Å². The summed E-state index contributed by atoms with van der Waals surface area (Å²) in [5.41, 5.74) is 13.0. The van der Waals surface area contributed by atoms with E-state index in [9.17, 15) is 0 Å². The Labute approximate surface area is 307 Å². The van der Waals surface area contributed by atoms with Gasteiger partial charge in [0.1, 0.15) is 5.82 Å². The van der Waals surface area contributed by atoms with Gasteiger partial charge in [0, 0.05) is 33.0 Å². The minimum atomic E-state index is -0.278. The molecular weight excluding hydrogens is 652 g/mol. The molecule has 9 rings (SSSR count). The van der Waals surface area contributed by atoms with E-state index in [4.69, 9.17) is 15.0 Å². The standard InChI is InChI=1S/C48H35FN4/c1-30-26-31(2)45(32(3)27-30)36-23-25-43-40(28-36)38-19-11-13-21-42(38)53(43)44-29-35(37-18-10-12-20-41(37)49)22-24-39(44)48-51-46(33-14-6-4-7-15-33)50-47(52-48)34-16-8-5-9-17-34/h4-29H,1-3H3. The third-order valence-corrected chi connectivity index (χ3v) is 10.0. The predicted molar refractivity (Wildman–Crippen MR) is 216 cm³/mol. The average molecular weight is 687 g/mol. The van der Waals surface area contributed by atoms with Crippen molar-refractivity contribution in [1.82, 2.24) is 19.5 Å². The number of halogens is 1. The molecule has 0 bridgehead atoms. The molecule has 0 saturated heterocycles. The van der Waals surface area contributed by atoms with Crippen LogP contribution in [0.1, 0.15) is 16.7 Å². The Bertz CT molecular complexity index is 2740. The van der Waals surface area contributed by atoms with Crippen LogP contribution in [0.15, 0.2) is 158 Å². The highest BCUT2D eigenvalue weighted by molar-refractivity contribution is 6.11. The molecule has 0 spiro atoms. The Morgan fingerprint density at radius 3 is 1.68 bits per heavy atom. The molecule has 254 valence electrons. The minimum absolute atomic E-state index is 0.278. The summed E-state index contributed by atoms with van der Waals surface area (Å²) in [4.78, 5) is 15.2. The number of aryl methyl sites for hydroxylation is 3. The van der Waals surface area contributed by atoms with Gasteiger partial charge in [-0.3, -0.25) is 0 Å². The van der Waals surface area contributed by atoms with Crippen LogP contribution >= 0.6 is 0 Å². The Morgan fingerprint density at radius 2 is 1.00 bits per heavy atom. The molecule has 0 saturated carbocycles. The second-order valence-electron chi connectivity index (χ2n) is 13.6. The number of hydrogen-bond donors (Lipinski definition) is 0. The zero-order valence-electron chi connectivity index (χ0n) is 29.7. The number of aromatic nitrogens is 4. The smallest absolute Gasteiger partial charge is 0.166 e. The highest BCUT2D eigenvalue weighted by Gasteiger charge is 2.21. The van der Waals surface area contributed by atoms with E-state index in [-0.39, 0.29) is 5.82 Å². The maximum atomic E-state index is 15.4. The minimum Gasteiger partial charge on any atom is -0.308 e. The summed E-state index contributed by atoms with van der Waals surface area (Å²) < 4.78 is 17.7. The fraction of sp³-hybridized carbons (Fsp3) is 0.0625. The van der Waals surface area contributed by atoms with Crippen molar-refractivity contribution in [1.29, 1.82) is 0 Å². The van der Waals surface area contributed by atoms with Crippen molar-refractivity contribution in [3.63, 3.8) is 0 Å². The zero-order chi connectivity index (χ0) is 36.1. The molecule has 0 radical (unpaired) electrons. The second-order valence-corrected chi connectivity index (χ2v) is 13.6. The Balaban J connectivity index is 1.35. The zero-order valence-corrected chi connectivity index (χ0v) is 29.7. The molecule has 9 aromatic rings. The topological polar surface area (TPSA) is 43.6 Å². The number of nitrogens with zero attached hydrogens (tertiary/aromatic N) is 4. The van der Waals surface area contributed by atoms with Gasteiger partial charge >= 0.3 is 0 Å². The van der Waals surface area contributed by atoms with Crippen LogP contribution in [0.2, 0.25) is 0 Å². The van der Waals surface area contributed by atoms with Crippen LogP contribution in [0.4, 0.5) is 4.39 Å². The van der Waals surface area contributed by atoms with Gasteiger partial charge in [-0.2, -0.15) is 0 Å². The van der Waals surface area contributed by atoms with Gasteiger partial charge in [0.2, 0.25) is 0 Å². The van der Waals surface area contributed by atoms with Crippen molar-refractivity contribution in [2.45, 2.75) is 20.8 Å². The lowest BCUT2D eigenvalue weighted by Crippen LogP contribution is -2.04. The van der Waals surface area contributed by atoms with Crippen LogP contribution in [0, 0.1) is 26.6 Å². The fourth-order valence-corrected chi connectivity index (χ4v) is 7.72. The Morgan fingerprint density at radius 1 is 0.434 bits per heavy atom. The summed E-state index contributed by atoms with van der Waals surface area (Å²) in [6, 6.07) is 52.6. The first-order valence-electron chi connectivity index (χ1n) is 17.8. The molecule has 2 aromatic heterocycles. The first-order chi connectivity index (χ1) is 25.9. The first-order valence-corrected chi connectivity index (χ1v) is 17.8. The normalized spacial score (nSPS) is 11.4. The van der Waals surface area contributed by atoms with Crippen molar-refractivity contribution in [2.75, 3.05) is 0 Å². The molecule has 2 heterocycles. The summed E-state index contributed by atoms with van der Waals surface area (Å²) >= 11 is 0. The number of para-hydroxylation sites is 1. The van der Waals surface area contributed by atoms with Crippen molar-refractivity contribution in [3.8, 4) is 62.1 Å². The molecule has 4 nitrogen and oxygen atoms in total. The molecule has 7 aromatic carbocycles. The Hall–Kier alpha value is -6.72. The lowest BCUT2D eigenvalue weighted by molar-refractivity contribution is 0.631. The van der Waals surface area contributed by atoms with Gasteiger partial charge in [-0.1, -0.05) is 127 Å². The fourth-order valence-electron chi connectivity index (χ4n) is 7.72.